The lowest BCUT2D eigenvalue weighted by Gasteiger charge is -2.17. The summed E-state index contributed by atoms with van der Waals surface area (Å²) in [4.78, 5) is 4.63. The fraction of sp³-hybridized carbons (Fsp3) is 0.0476. The molecule has 0 saturated carbocycles. The summed E-state index contributed by atoms with van der Waals surface area (Å²) < 4.78 is 2.16. The van der Waals surface area contributed by atoms with Crippen LogP contribution >= 0.6 is 0 Å². The quantitative estimate of drug-likeness (QED) is 0.456. The molecule has 0 radical (unpaired) electrons. The van der Waals surface area contributed by atoms with Crippen molar-refractivity contribution in [1.29, 1.82) is 0 Å². The lowest BCUT2D eigenvalue weighted by atomic mass is 10.1. The van der Waals surface area contributed by atoms with Gasteiger partial charge < -0.3 is 9.77 Å². The molecule has 0 amide bonds. The van der Waals surface area contributed by atoms with Crippen molar-refractivity contribution < 1.29 is 5.21 Å². The second-order valence-electron chi connectivity index (χ2n) is 5.81. The van der Waals surface area contributed by atoms with Crippen LogP contribution in [0.1, 0.15) is 5.56 Å². The Kier molecular flexibility index (Phi) is 4.01. The fourth-order valence-electron chi connectivity index (χ4n) is 3.04. The number of aromatic nitrogens is 2. The minimum atomic E-state index is 0.332. The number of para-hydroxylation sites is 1. The molecule has 0 spiro atoms. The van der Waals surface area contributed by atoms with Crippen LogP contribution in [0.3, 0.4) is 0 Å². The summed E-state index contributed by atoms with van der Waals surface area (Å²) in [5, 5.41) is 13.7. The van der Waals surface area contributed by atoms with Gasteiger partial charge in [0.15, 0.2) is 0 Å². The van der Waals surface area contributed by atoms with Crippen LogP contribution in [0.25, 0.3) is 22.3 Å². The number of fused-ring (bicyclic) bond motifs is 1. The van der Waals surface area contributed by atoms with E-state index in [1.807, 2.05) is 72.8 Å². The molecule has 3 aromatic carbocycles. The molecule has 0 bridgehead atoms. The van der Waals surface area contributed by atoms with Gasteiger partial charge in [0.05, 0.1) is 5.52 Å². The first-order chi connectivity index (χ1) is 12.4. The zero-order valence-corrected chi connectivity index (χ0v) is 13.6. The zero-order valence-electron chi connectivity index (χ0n) is 13.6. The Morgan fingerprint density at radius 1 is 0.800 bits per heavy atom. The Hall–Kier alpha value is -3.40. The largest absolute Gasteiger partial charge is 0.409 e. The smallest absolute Gasteiger partial charge is 0.202 e. The van der Waals surface area contributed by atoms with Crippen molar-refractivity contribution in [2.75, 3.05) is 0 Å². The number of hydrogen-bond acceptors (Lipinski definition) is 3. The topological polar surface area (TPSA) is 50.4 Å². The number of rotatable bonds is 3. The van der Waals surface area contributed by atoms with Crippen molar-refractivity contribution in [3.05, 3.63) is 96.0 Å². The maximum Gasteiger partial charge on any atom is 0.202 e. The Morgan fingerprint density at radius 3 is 2.16 bits per heavy atom. The summed E-state index contributed by atoms with van der Waals surface area (Å²) in [6, 6.07) is 28.1. The van der Waals surface area contributed by atoms with Crippen molar-refractivity contribution in [1.82, 2.24) is 9.55 Å². The molecule has 4 rings (SSSR count). The van der Waals surface area contributed by atoms with E-state index in [1.165, 1.54) is 5.56 Å². The fourth-order valence-corrected chi connectivity index (χ4v) is 3.04. The van der Waals surface area contributed by atoms with Gasteiger partial charge in [-0.25, -0.2) is 4.98 Å². The van der Waals surface area contributed by atoms with E-state index in [9.17, 15) is 5.21 Å². The molecular formula is C21H17N3O. The molecule has 0 aliphatic heterocycles. The summed E-state index contributed by atoms with van der Waals surface area (Å²) in [5.74, 6) is 0.774. The second-order valence-corrected chi connectivity index (χ2v) is 5.81. The zero-order chi connectivity index (χ0) is 17.1. The van der Waals surface area contributed by atoms with E-state index in [1.54, 1.807) is 0 Å². The third-order valence-electron chi connectivity index (χ3n) is 4.21. The Bertz CT molecular complexity index is 1070. The summed E-state index contributed by atoms with van der Waals surface area (Å²) >= 11 is 0. The lowest BCUT2D eigenvalue weighted by molar-refractivity contribution is 0.299. The minimum absolute atomic E-state index is 0.332. The highest BCUT2D eigenvalue weighted by molar-refractivity contribution is 5.80. The highest BCUT2D eigenvalue weighted by Crippen LogP contribution is 2.22. The first-order valence-corrected chi connectivity index (χ1v) is 8.14. The van der Waals surface area contributed by atoms with E-state index in [-0.39, 0.29) is 0 Å². The van der Waals surface area contributed by atoms with E-state index in [0.29, 0.717) is 12.0 Å². The molecule has 25 heavy (non-hydrogen) atoms. The molecule has 0 saturated heterocycles. The van der Waals surface area contributed by atoms with Gasteiger partial charge in [-0.05, 0) is 17.7 Å². The third kappa shape index (κ3) is 2.90. The predicted molar refractivity (Wildman–Crippen MR) is 98.1 cm³/mol. The number of benzene rings is 3. The maximum atomic E-state index is 9.44. The average Bonchev–Trinajstić information content (AvgIpc) is 2.69. The van der Waals surface area contributed by atoms with Crippen LogP contribution in [-0.2, 0) is 6.54 Å². The molecular weight excluding hydrogens is 310 g/mol. The van der Waals surface area contributed by atoms with Crippen LogP contribution in [-0.4, -0.2) is 14.8 Å². The van der Waals surface area contributed by atoms with Crippen molar-refractivity contribution >= 4 is 10.9 Å². The number of nitrogens with zero attached hydrogens (tertiary/aromatic N) is 3. The van der Waals surface area contributed by atoms with Crippen molar-refractivity contribution in [2.45, 2.75) is 6.54 Å². The number of hydrogen-bond donors (Lipinski definition) is 1. The first-order valence-electron chi connectivity index (χ1n) is 8.14. The van der Waals surface area contributed by atoms with Gasteiger partial charge >= 0.3 is 0 Å². The highest BCUT2D eigenvalue weighted by atomic mass is 16.4. The van der Waals surface area contributed by atoms with E-state index in [4.69, 9.17) is 0 Å². The van der Waals surface area contributed by atoms with Crippen LogP contribution in [0.2, 0.25) is 0 Å². The third-order valence-corrected chi connectivity index (χ3v) is 4.21. The SMILES string of the molecule is ON=c1nc(-c2ccccc2)n(Cc2ccccc2)c2ccccc12. The van der Waals surface area contributed by atoms with Crippen molar-refractivity contribution in [3.8, 4) is 11.4 Å². The van der Waals surface area contributed by atoms with Gasteiger partial charge in [-0.15, -0.1) is 0 Å². The van der Waals surface area contributed by atoms with Gasteiger partial charge in [-0.2, -0.15) is 0 Å². The average molecular weight is 327 g/mol. The highest BCUT2D eigenvalue weighted by Gasteiger charge is 2.12. The Morgan fingerprint density at radius 2 is 1.44 bits per heavy atom. The Balaban J connectivity index is 2.04. The molecule has 0 aliphatic carbocycles. The Labute approximate surface area is 145 Å². The predicted octanol–water partition coefficient (Wildman–Crippen LogP) is 4.04. The van der Waals surface area contributed by atoms with E-state index in [0.717, 1.165) is 22.3 Å². The summed E-state index contributed by atoms with van der Waals surface area (Å²) in [6.07, 6.45) is 0. The van der Waals surface area contributed by atoms with Crippen LogP contribution in [0.15, 0.2) is 90.1 Å². The van der Waals surface area contributed by atoms with E-state index in [2.05, 4.69) is 26.8 Å². The molecule has 122 valence electrons. The van der Waals surface area contributed by atoms with E-state index >= 15 is 0 Å². The minimum Gasteiger partial charge on any atom is -0.409 e. The molecule has 0 unspecified atom stereocenters. The molecule has 1 heterocycles. The van der Waals surface area contributed by atoms with E-state index < -0.39 is 0 Å². The van der Waals surface area contributed by atoms with Crippen molar-refractivity contribution in [3.63, 3.8) is 0 Å². The molecule has 0 aliphatic rings. The standard InChI is InChI=1S/C21H17N3O/c25-23-20-18-13-7-8-14-19(18)24(15-16-9-3-1-4-10-16)21(22-20)17-11-5-2-6-12-17/h1-14,25H,15H2. The summed E-state index contributed by atoms with van der Waals surface area (Å²) in [5.41, 5.74) is 3.48. The molecule has 1 N–H and O–H groups in total. The van der Waals surface area contributed by atoms with Gasteiger partial charge in [0.2, 0.25) is 5.49 Å². The van der Waals surface area contributed by atoms with Gasteiger partial charge in [0, 0.05) is 17.5 Å². The van der Waals surface area contributed by atoms with Crippen LogP contribution < -0.4 is 5.49 Å². The second kappa shape index (κ2) is 6.61. The molecule has 4 heteroatoms. The summed E-state index contributed by atoms with van der Waals surface area (Å²) in [7, 11) is 0. The normalized spacial score (nSPS) is 11.8. The molecule has 4 nitrogen and oxygen atoms in total. The van der Waals surface area contributed by atoms with Gasteiger partial charge in [0.25, 0.3) is 0 Å². The summed E-state index contributed by atoms with van der Waals surface area (Å²) in [6.45, 7) is 0.685. The lowest BCUT2D eigenvalue weighted by Crippen LogP contribution is -2.18. The first kappa shape index (κ1) is 15.1. The molecule has 0 atom stereocenters. The van der Waals surface area contributed by atoms with Gasteiger partial charge in [-0.3, -0.25) is 0 Å². The van der Waals surface area contributed by atoms with Gasteiger partial charge in [0.1, 0.15) is 5.82 Å². The molecule has 4 aromatic rings. The monoisotopic (exact) mass is 327 g/mol. The molecule has 1 aromatic heterocycles. The van der Waals surface area contributed by atoms with Crippen LogP contribution in [0, 0.1) is 0 Å². The van der Waals surface area contributed by atoms with Gasteiger partial charge in [-0.1, -0.05) is 78.0 Å². The van der Waals surface area contributed by atoms with Crippen LogP contribution in [0.4, 0.5) is 0 Å². The maximum absolute atomic E-state index is 9.44. The van der Waals surface area contributed by atoms with Crippen molar-refractivity contribution in [2.24, 2.45) is 5.16 Å². The van der Waals surface area contributed by atoms with Crippen LogP contribution in [0.5, 0.6) is 0 Å². The molecule has 0 fully saturated rings.